The fourth-order valence-corrected chi connectivity index (χ4v) is 10.1. The molecule has 0 aromatic heterocycles. The molecule has 0 aliphatic carbocycles. The van der Waals surface area contributed by atoms with Crippen LogP contribution in [0.2, 0.25) is 20.1 Å². The summed E-state index contributed by atoms with van der Waals surface area (Å²) >= 11 is 26.7. The smallest absolute Gasteiger partial charge is 0.0867 e. The summed E-state index contributed by atoms with van der Waals surface area (Å²) in [5.74, 6) is 0. The first kappa shape index (κ1) is 27.3. The summed E-state index contributed by atoms with van der Waals surface area (Å²) in [6.45, 7) is 0. The molecule has 0 amide bonds. The molecule has 0 fully saturated rings. The lowest BCUT2D eigenvalue weighted by Gasteiger charge is -2.30. The molecule has 0 saturated carbocycles. The minimum Gasteiger partial charge on any atom is -1.00 e. The lowest BCUT2D eigenvalue weighted by atomic mass is 10.2. The summed E-state index contributed by atoms with van der Waals surface area (Å²) in [5.41, 5.74) is 4.61. The number of hydrogen-bond donors (Lipinski definition) is 0. The van der Waals surface area contributed by atoms with Crippen molar-refractivity contribution in [2.24, 2.45) is 0 Å². The van der Waals surface area contributed by atoms with Crippen molar-refractivity contribution in [2.45, 2.75) is 24.6 Å². The zero-order valence-corrected chi connectivity index (χ0v) is 23.1. The minimum absolute atomic E-state index is 0. The van der Waals surface area contributed by atoms with E-state index in [0.717, 1.165) is 67.0 Å². The second kappa shape index (κ2) is 12.6. The molecule has 34 heavy (non-hydrogen) atoms. The first-order valence-corrected chi connectivity index (χ1v) is 14.8. The average molecular weight is 569 g/mol. The second-order valence-electron chi connectivity index (χ2n) is 8.34. The Morgan fingerprint density at radius 3 is 0.794 bits per heavy atom. The van der Waals surface area contributed by atoms with Crippen molar-refractivity contribution in [3.05, 3.63) is 139 Å². The number of halogens is 5. The molecule has 0 nitrogen and oxygen atoms in total. The molecule has 4 rings (SSSR count). The molecule has 4 aromatic rings. The van der Waals surface area contributed by atoms with Gasteiger partial charge in [-0.1, -0.05) is 119 Å². The summed E-state index contributed by atoms with van der Waals surface area (Å²) in [4.78, 5) is 0. The van der Waals surface area contributed by atoms with Crippen molar-refractivity contribution in [1.82, 2.24) is 0 Å². The van der Waals surface area contributed by atoms with Gasteiger partial charge in [-0.05, 0) is 24.3 Å². The van der Waals surface area contributed by atoms with Crippen LogP contribution in [0.15, 0.2) is 97.1 Å². The van der Waals surface area contributed by atoms with Gasteiger partial charge >= 0.3 is 0 Å². The number of rotatable bonds is 8. The zero-order chi connectivity index (χ0) is 23.3. The van der Waals surface area contributed by atoms with Crippen molar-refractivity contribution >= 4 is 53.7 Å². The van der Waals surface area contributed by atoms with Crippen LogP contribution in [0.4, 0.5) is 0 Å². The average Bonchev–Trinajstić information content (AvgIpc) is 2.80. The molecule has 0 aliphatic heterocycles. The van der Waals surface area contributed by atoms with Crippen LogP contribution < -0.4 is 12.4 Å². The topological polar surface area (TPSA) is 0 Å². The molecular formula is C28H24Cl5P. The van der Waals surface area contributed by atoms with E-state index in [0.29, 0.717) is 0 Å². The van der Waals surface area contributed by atoms with Crippen molar-refractivity contribution in [3.63, 3.8) is 0 Å². The van der Waals surface area contributed by atoms with E-state index >= 15 is 0 Å². The molecule has 6 heteroatoms. The van der Waals surface area contributed by atoms with E-state index in [4.69, 9.17) is 46.4 Å². The highest BCUT2D eigenvalue weighted by atomic mass is 35.5. The molecule has 0 N–H and O–H groups in total. The van der Waals surface area contributed by atoms with Crippen LogP contribution in [0.1, 0.15) is 22.3 Å². The Balaban J connectivity index is 0.00000324. The van der Waals surface area contributed by atoms with Gasteiger partial charge < -0.3 is 12.4 Å². The maximum Gasteiger partial charge on any atom is 0.0867 e. The van der Waals surface area contributed by atoms with Gasteiger partial charge in [0.25, 0.3) is 0 Å². The van der Waals surface area contributed by atoms with Crippen LogP contribution in [0, 0.1) is 0 Å². The predicted octanol–water partition coefficient (Wildman–Crippen LogP) is 7.42. The number of benzene rings is 4. The van der Waals surface area contributed by atoms with Crippen LogP contribution in [-0.2, 0) is 24.6 Å². The first-order valence-electron chi connectivity index (χ1n) is 10.7. The van der Waals surface area contributed by atoms with Gasteiger partial charge in [-0.3, -0.25) is 0 Å². The fraction of sp³-hybridized carbons (Fsp3) is 0.143. The maximum atomic E-state index is 6.67. The van der Waals surface area contributed by atoms with E-state index in [-0.39, 0.29) is 12.4 Å². The maximum absolute atomic E-state index is 6.67. The van der Waals surface area contributed by atoms with E-state index < -0.39 is 7.26 Å². The molecule has 0 aliphatic rings. The SMILES string of the molecule is Clc1ccccc1C[P+](Cc1ccccc1Cl)(Cc1ccccc1Cl)Cc1ccccc1Cl.[Cl-]. The van der Waals surface area contributed by atoms with Crippen molar-refractivity contribution in [1.29, 1.82) is 0 Å². The quantitative estimate of drug-likeness (QED) is 0.194. The lowest BCUT2D eigenvalue weighted by molar-refractivity contribution is -0.00000641. The molecule has 0 heterocycles. The lowest BCUT2D eigenvalue weighted by Crippen LogP contribution is -3.00. The van der Waals surface area contributed by atoms with E-state index in [1.54, 1.807) is 0 Å². The second-order valence-corrected chi connectivity index (χ2v) is 13.9. The van der Waals surface area contributed by atoms with Gasteiger partial charge in [0, 0.05) is 49.6 Å². The molecule has 0 bridgehead atoms. The summed E-state index contributed by atoms with van der Waals surface area (Å²) in [5, 5.41) is 3.16. The monoisotopic (exact) mass is 566 g/mol. The Hall–Kier alpha value is -1.24. The van der Waals surface area contributed by atoms with E-state index in [9.17, 15) is 0 Å². The van der Waals surface area contributed by atoms with Gasteiger partial charge in [-0.2, -0.15) is 0 Å². The van der Waals surface area contributed by atoms with Gasteiger partial charge in [0.05, 0.1) is 24.6 Å². The third-order valence-corrected chi connectivity index (χ3v) is 11.4. The van der Waals surface area contributed by atoms with Crippen LogP contribution in [-0.4, -0.2) is 0 Å². The molecule has 0 spiro atoms. The first-order chi connectivity index (χ1) is 16.0. The Labute approximate surface area is 229 Å². The van der Waals surface area contributed by atoms with E-state index in [2.05, 4.69) is 48.5 Å². The zero-order valence-electron chi connectivity index (χ0n) is 18.4. The highest BCUT2D eigenvalue weighted by molar-refractivity contribution is 7.73. The van der Waals surface area contributed by atoms with Gasteiger partial charge in [-0.25, -0.2) is 0 Å². The number of hydrogen-bond acceptors (Lipinski definition) is 0. The van der Waals surface area contributed by atoms with E-state index in [1.807, 2.05) is 48.5 Å². The molecule has 0 atom stereocenters. The molecular weight excluding hydrogens is 545 g/mol. The Morgan fingerprint density at radius 1 is 0.382 bits per heavy atom. The Bertz CT molecular complexity index is 1050. The molecule has 0 saturated heterocycles. The third-order valence-electron chi connectivity index (χ3n) is 5.85. The highest BCUT2D eigenvalue weighted by Gasteiger charge is 2.40. The van der Waals surface area contributed by atoms with Crippen molar-refractivity contribution in [2.75, 3.05) is 0 Å². The van der Waals surface area contributed by atoms with Crippen molar-refractivity contribution in [3.8, 4) is 0 Å². The van der Waals surface area contributed by atoms with Gasteiger partial charge in [0.1, 0.15) is 0 Å². The Morgan fingerprint density at radius 2 is 0.588 bits per heavy atom. The largest absolute Gasteiger partial charge is 1.00 e. The molecule has 0 radical (unpaired) electrons. The normalized spacial score (nSPS) is 11.2. The van der Waals surface area contributed by atoms with Crippen LogP contribution in [0.25, 0.3) is 0 Å². The van der Waals surface area contributed by atoms with Gasteiger partial charge in [0.2, 0.25) is 0 Å². The van der Waals surface area contributed by atoms with Crippen LogP contribution >= 0.6 is 53.7 Å². The fourth-order valence-electron chi connectivity index (χ4n) is 4.29. The van der Waals surface area contributed by atoms with Crippen molar-refractivity contribution < 1.29 is 12.4 Å². The van der Waals surface area contributed by atoms with Crippen LogP contribution in [0.5, 0.6) is 0 Å². The Kier molecular flexibility index (Phi) is 10.2. The van der Waals surface area contributed by atoms with Crippen LogP contribution in [0.3, 0.4) is 0 Å². The summed E-state index contributed by atoms with van der Waals surface area (Å²) in [6, 6.07) is 32.5. The third kappa shape index (κ3) is 6.92. The predicted molar refractivity (Wildman–Crippen MR) is 148 cm³/mol. The summed E-state index contributed by atoms with van der Waals surface area (Å²) in [6.07, 6.45) is 3.48. The molecule has 4 aromatic carbocycles. The summed E-state index contributed by atoms with van der Waals surface area (Å²) in [7, 11) is -1.83. The highest BCUT2D eigenvalue weighted by Crippen LogP contribution is 2.70. The van der Waals surface area contributed by atoms with Gasteiger partial charge in [-0.15, -0.1) is 0 Å². The minimum atomic E-state index is -1.83. The summed E-state index contributed by atoms with van der Waals surface area (Å²) < 4.78 is 0. The molecule has 176 valence electrons. The standard InChI is InChI=1S/C28H24Cl4P.ClH/c29-25-13-5-1-9-21(25)17-33(18-22-10-2-6-14-26(22)30,19-23-11-3-7-15-27(23)31)20-24-12-4-8-16-28(24)32;/h1-16H,17-20H2;1H/q+1;/p-1. The molecule has 0 unspecified atom stereocenters. The van der Waals surface area contributed by atoms with Gasteiger partial charge in [0.15, 0.2) is 0 Å². The van der Waals surface area contributed by atoms with E-state index in [1.165, 1.54) is 0 Å².